The number of carbonyl (C=O) groups excluding carboxylic acids is 2. The third kappa shape index (κ3) is 3.14. The van der Waals surface area contributed by atoms with E-state index in [1.54, 1.807) is 0 Å². The van der Waals surface area contributed by atoms with Gasteiger partial charge in [-0.2, -0.15) is 0 Å². The molecule has 3 rings (SSSR count). The van der Waals surface area contributed by atoms with Crippen molar-refractivity contribution in [2.45, 2.75) is 19.4 Å². The van der Waals surface area contributed by atoms with Crippen LogP contribution in [0.1, 0.15) is 23.7 Å². The number of halogens is 1. The predicted octanol–water partition coefficient (Wildman–Crippen LogP) is 2.66. The summed E-state index contributed by atoms with van der Waals surface area (Å²) < 4.78 is 19.4. The number of nitrogens with one attached hydrogen (secondary N) is 1. The summed E-state index contributed by atoms with van der Waals surface area (Å²) in [6.07, 6.45) is -0.0270. The molecule has 0 aliphatic carbocycles. The van der Waals surface area contributed by atoms with Gasteiger partial charge >= 0.3 is 6.09 Å². The standard InChI is InChI=1S/C14H13FN4O3S/c1-2-9-6-19(14(21)22-9)8-3-4-10(11(15)5-8)12(20)17-13-18-16-7-23-13/h3-5,7,9H,2,6H2,1H3,(H,17,18,20)/t9-/m0/s1. The molecule has 1 aliphatic rings. The van der Waals surface area contributed by atoms with E-state index in [2.05, 4.69) is 15.5 Å². The van der Waals surface area contributed by atoms with Gasteiger partial charge in [0.05, 0.1) is 17.8 Å². The molecule has 23 heavy (non-hydrogen) atoms. The highest BCUT2D eigenvalue weighted by atomic mass is 32.1. The maximum atomic E-state index is 14.2. The molecule has 0 saturated carbocycles. The van der Waals surface area contributed by atoms with E-state index in [0.717, 1.165) is 17.4 Å². The Morgan fingerprint density at radius 3 is 3.00 bits per heavy atom. The number of amides is 2. The normalized spacial score (nSPS) is 17.2. The Hall–Kier alpha value is -2.55. The highest BCUT2D eigenvalue weighted by Crippen LogP contribution is 2.25. The Kier molecular flexibility index (Phi) is 4.20. The van der Waals surface area contributed by atoms with Gasteiger partial charge in [-0.25, -0.2) is 9.18 Å². The van der Waals surface area contributed by atoms with E-state index in [4.69, 9.17) is 4.74 Å². The van der Waals surface area contributed by atoms with Crippen LogP contribution < -0.4 is 10.2 Å². The fourth-order valence-corrected chi connectivity index (χ4v) is 2.63. The monoisotopic (exact) mass is 336 g/mol. The molecule has 1 aromatic heterocycles. The SMILES string of the molecule is CC[C@H]1CN(c2ccc(C(=O)Nc3nncs3)c(F)c2)C(=O)O1. The molecule has 0 unspecified atom stereocenters. The number of rotatable bonds is 4. The van der Waals surface area contributed by atoms with Crippen molar-refractivity contribution in [1.29, 1.82) is 0 Å². The molecule has 1 fully saturated rings. The van der Waals surface area contributed by atoms with Crippen molar-refractivity contribution >= 4 is 34.2 Å². The van der Waals surface area contributed by atoms with Gasteiger partial charge in [0.25, 0.3) is 5.91 Å². The summed E-state index contributed by atoms with van der Waals surface area (Å²) in [6, 6.07) is 3.99. The van der Waals surface area contributed by atoms with E-state index < -0.39 is 17.8 Å². The summed E-state index contributed by atoms with van der Waals surface area (Å²) >= 11 is 1.13. The molecular formula is C14H13FN4O3S. The summed E-state index contributed by atoms with van der Waals surface area (Å²) in [5.41, 5.74) is 1.68. The van der Waals surface area contributed by atoms with Gasteiger partial charge in [0.1, 0.15) is 17.4 Å². The molecule has 1 aromatic carbocycles. The second-order valence-corrected chi connectivity index (χ2v) is 5.72. The zero-order chi connectivity index (χ0) is 16.4. The minimum atomic E-state index is -0.725. The maximum absolute atomic E-state index is 14.2. The molecule has 0 spiro atoms. The van der Waals surface area contributed by atoms with Gasteiger partial charge in [0.2, 0.25) is 5.13 Å². The molecule has 0 radical (unpaired) electrons. The van der Waals surface area contributed by atoms with E-state index >= 15 is 0 Å². The summed E-state index contributed by atoms with van der Waals surface area (Å²) in [6.45, 7) is 2.27. The fourth-order valence-electron chi connectivity index (χ4n) is 2.19. The third-order valence-corrected chi connectivity index (χ3v) is 4.03. The molecule has 9 heteroatoms. The topological polar surface area (TPSA) is 84.4 Å². The number of cyclic esters (lactones) is 1. The lowest BCUT2D eigenvalue weighted by Crippen LogP contribution is -2.25. The molecule has 1 aliphatic heterocycles. The molecule has 0 bridgehead atoms. The second-order valence-electron chi connectivity index (χ2n) is 4.89. The van der Waals surface area contributed by atoms with Crippen molar-refractivity contribution in [3.63, 3.8) is 0 Å². The van der Waals surface area contributed by atoms with Crippen LogP contribution in [0.2, 0.25) is 0 Å². The van der Waals surface area contributed by atoms with Gasteiger partial charge in [0.15, 0.2) is 0 Å². The van der Waals surface area contributed by atoms with Gasteiger partial charge in [-0.3, -0.25) is 15.0 Å². The molecule has 2 heterocycles. The molecule has 1 N–H and O–H groups in total. The third-order valence-electron chi connectivity index (χ3n) is 3.42. The second kappa shape index (κ2) is 6.29. The first-order valence-corrected chi connectivity index (χ1v) is 7.81. The molecular weight excluding hydrogens is 323 g/mol. The lowest BCUT2D eigenvalue weighted by atomic mass is 10.1. The van der Waals surface area contributed by atoms with Crippen LogP contribution in [0.3, 0.4) is 0 Å². The van der Waals surface area contributed by atoms with E-state index in [0.29, 0.717) is 18.7 Å². The lowest BCUT2D eigenvalue weighted by molar-refractivity contribution is 0.102. The minimum Gasteiger partial charge on any atom is -0.444 e. The van der Waals surface area contributed by atoms with Crippen molar-refractivity contribution in [1.82, 2.24) is 10.2 Å². The zero-order valence-electron chi connectivity index (χ0n) is 12.2. The minimum absolute atomic E-state index is 0.136. The van der Waals surface area contributed by atoms with Crippen molar-refractivity contribution in [3.8, 4) is 0 Å². The smallest absolute Gasteiger partial charge is 0.414 e. The van der Waals surface area contributed by atoms with Crippen LogP contribution in [0, 0.1) is 5.82 Å². The number of carbonyl (C=O) groups is 2. The Morgan fingerprint density at radius 2 is 2.39 bits per heavy atom. The quantitative estimate of drug-likeness (QED) is 0.928. The molecule has 2 amide bonds. The van der Waals surface area contributed by atoms with E-state index in [-0.39, 0.29) is 16.8 Å². The first-order chi connectivity index (χ1) is 11.1. The number of aromatic nitrogens is 2. The van der Waals surface area contributed by atoms with E-state index in [1.165, 1.54) is 22.5 Å². The van der Waals surface area contributed by atoms with Crippen molar-refractivity contribution in [2.75, 3.05) is 16.8 Å². The summed E-state index contributed by atoms with van der Waals surface area (Å²) in [7, 11) is 0. The Bertz CT molecular complexity index is 738. The highest BCUT2D eigenvalue weighted by molar-refractivity contribution is 7.13. The first-order valence-electron chi connectivity index (χ1n) is 6.93. The van der Waals surface area contributed by atoms with Gasteiger partial charge in [-0.05, 0) is 24.6 Å². The largest absolute Gasteiger partial charge is 0.444 e. The van der Waals surface area contributed by atoms with Gasteiger partial charge in [-0.1, -0.05) is 18.3 Å². The highest BCUT2D eigenvalue weighted by Gasteiger charge is 2.31. The molecule has 2 aromatic rings. The molecule has 1 atom stereocenters. The van der Waals surface area contributed by atoms with Crippen LogP contribution in [0.15, 0.2) is 23.7 Å². The van der Waals surface area contributed by atoms with Gasteiger partial charge in [0, 0.05) is 0 Å². The molecule has 120 valence electrons. The zero-order valence-corrected chi connectivity index (χ0v) is 13.0. The van der Waals surface area contributed by atoms with Gasteiger partial charge in [-0.15, -0.1) is 10.2 Å². The number of benzene rings is 1. The Labute approximate surface area is 135 Å². The first kappa shape index (κ1) is 15.3. The summed E-state index contributed by atoms with van der Waals surface area (Å²) in [4.78, 5) is 25.1. The number of hydrogen-bond acceptors (Lipinski definition) is 6. The van der Waals surface area contributed by atoms with Gasteiger partial charge < -0.3 is 4.74 Å². The van der Waals surface area contributed by atoms with Crippen LogP contribution in [-0.4, -0.2) is 34.8 Å². The van der Waals surface area contributed by atoms with Crippen molar-refractivity contribution in [2.24, 2.45) is 0 Å². The number of anilines is 2. The lowest BCUT2D eigenvalue weighted by Gasteiger charge is -2.14. The van der Waals surface area contributed by atoms with Crippen molar-refractivity contribution in [3.05, 3.63) is 35.1 Å². The summed E-state index contributed by atoms with van der Waals surface area (Å²) in [5, 5.41) is 9.99. The molecule has 1 saturated heterocycles. The Morgan fingerprint density at radius 1 is 1.57 bits per heavy atom. The van der Waals surface area contributed by atoms with Crippen molar-refractivity contribution < 1.29 is 18.7 Å². The predicted molar refractivity (Wildman–Crippen MR) is 82.2 cm³/mol. The average molecular weight is 336 g/mol. The maximum Gasteiger partial charge on any atom is 0.414 e. The van der Waals surface area contributed by atoms with Crippen LogP contribution in [0.5, 0.6) is 0 Å². The number of hydrogen-bond donors (Lipinski definition) is 1. The number of ether oxygens (including phenoxy) is 1. The van der Waals surface area contributed by atoms with Crippen LogP contribution in [0.25, 0.3) is 0 Å². The van der Waals surface area contributed by atoms with Crippen LogP contribution in [-0.2, 0) is 4.74 Å². The Balaban J connectivity index is 1.78. The van der Waals surface area contributed by atoms with E-state index in [1.807, 2.05) is 6.92 Å². The number of nitrogens with zero attached hydrogens (tertiary/aromatic N) is 3. The fraction of sp³-hybridized carbons (Fsp3) is 0.286. The van der Waals surface area contributed by atoms with E-state index in [9.17, 15) is 14.0 Å². The molecule has 7 nitrogen and oxygen atoms in total. The van der Waals surface area contributed by atoms with Crippen LogP contribution >= 0.6 is 11.3 Å². The van der Waals surface area contributed by atoms with Crippen LogP contribution in [0.4, 0.5) is 20.0 Å². The average Bonchev–Trinajstić information content (AvgIpc) is 3.16. The summed E-state index contributed by atoms with van der Waals surface area (Å²) in [5.74, 6) is -1.35.